The van der Waals surface area contributed by atoms with Gasteiger partial charge in [0.1, 0.15) is 5.75 Å². The molecule has 0 unspecified atom stereocenters. The van der Waals surface area contributed by atoms with Gasteiger partial charge in [-0.1, -0.05) is 0 Å². The highest BCUT2D eigenvalue weighted by molar-refractivity contribution is 5.93. The average molecular weight is 310 g/mol. The molecule has 4 rings (SSSR count). The SMILES string of the molecule is CCOc1ccc2[nH]c3c(c2c1)CN(C(=O)c1ccco1)CC3. The van der Waals surface area contributed by atoms with E-state index in [1.807, 2.05) is 24.0 Å². The minimum Gasteiger partial charge on any atom is -0.494 e. The molecule has 5 nitrogen and oxygen atoms in total. The van der Waals surface area contributed by atoms with Gasteiger partial charge in [0.25, 0.3) is 5.91 Å². The lowest BCUT2D eigenvalue weighted by molar-refractivity contribution is 0.0703. The summed E-state index contributed by atoms with van der Waals surface area (Å²) in [5.41, 5.74) is 3.47. The molecule has 1 N–H and O–H groups in total. The van der Waals surface area contributed by atoms with Crippen LogP contribution in [0.25, 0.3) is 10.9 Å². The molecular formula is C18H18N2O3. The van der Waals surface area contributed by atoms with Gasteiger partial charge in [-0.2, -0.15) is 0 Å². The molecule has 3 heterocycles. The standard InChI is InChI=1S/C18H18N2O3/c1-2-22-12-5-6-15-13(10-12)14-11-20(8-7-16(14)19-15)18(21)17-4-3-9-23-17/h3-6,9-10,19H,2,7-8,11H2,1H3. The van der Waals surface area contributed by atoms with Crippen LogP contribution < -0.4 is 4.74 Å². The van der Waals surface area contributed by atoms with Crippen molar-refractivity contribution in [2.45, 2.75) is 19.9 Å². The summed E-state index contributed by atoms with van der Waals surface area (Å²) in [4.78, 5) is 17.8. The predicted octanol–water partition coefficient (Wildman–Crippen LogP) is 3.36. The lowest BCUT2D eigenvalue weighted by Crippen LogP contribution is -2.35. The molecular weight excluding hydrogens is 292 g/mol. The fraction of sp³-hybridized carbons (Fsp3) is 0.278. The lowest BCUT2D eigenvalue weighted by Gasteiger charge is -2.26. The number of hydrogen-bond donors (Lipinski definition) is 1. The van der Waals surface area contributed by atoms with Crippen LogP contribution >= 0.6 is 0 Å². The second-order valence-corrected chi connectivity index (χ2v) is 5.68. The molecule has 0 saturated heterocycles. The van der Waals surface area contributed by atoms with Gasteiger partial charge in [0.15, 0.2) is 5.76 Å². The Morgan fingerprint density at radius 1 is 1.39 bits per heavy atom. The fourth-order valence-corrected chi connectivity index (χ4v) is 3.18. The van der Waals surface area contributed by atoms with Crippen LogP contribution in [0.1, 0.15) is 28.7 Å². The van der Waals surface area contributed by atoms with Crippen LogP contribution in [-0.2, 0) is 13.0 Å². The third kappa shape index (κ3) is 2.38. The summed E-state index contributed by atoms with van der Waals surface area (Å²) >= 11 is 0. The number of aromatic nitrogens is 1. The number of rotatable bonds is 3. The average Bonchev–Trinajstić information content (AvgIpc) is 3.21. The molecule has 2 aromatic heterocycles. The van der Waals surface area contributed by atoms with Crippen LogP contribution in [0.2, 0.25) is 0 Å². The summed E-state index contributed by atoms with van der Waals surface area (Å²) in [6.07, 6.45) is 2.35. The van der Waals surface area contributed by atoms with E-state index in [1.165, 1.54) is 17.5 Å². The second-order valence-electron chi connectivity index (χ2n) is 5.68. The Bertz CT molecular complexity index is 849. The molecule has 0 bridgehead atoms. The lowest BCUT2D eigenvalue weighted by atomic mass is 10.0. The smallest absolute Gasteiger partial charge is 0.289 e. The van der Waals surface area contributed by atoms with Crippen molar-refractivity contribution in [1.29, 1.82) is 0 Å². The Hall–Kier alpha value is -2.69. The second kappa shape index (κ2) is 5.50. The van der Waals surface area contributed by atoms with E-state index in [1.54, 1.807) is 12.1 Å². The number of benzene rings is 1. The molecule has 0 spiro atoms. The minimum atomic E-state index is -0.0593. The number of carbonyl (C=O) groups excluding carboxylic acids is 1. The number of H-pyrrole nitrogens is 1. The zero-order chi connectivity index (χ0) is 15.8. The van der Waals surface area contributed by atoms with Crippen molar-refractivity contribution in [2.75, 3.05) is 13.2 Å². The third-order valence-corrected chi connectivity index (χ3v) is 4.28. The van der Waals surface area contributed by atoms with Gasteiger partial charge in [0.2, 0.25) is 0 Å². The van der Waals surface area contributed by atoms with Crippen LogP contribution in [0, 0.1) is 0 Å². The summed E-state index contributed by atoms with van der Waals surface area (Å²) in [5, 5.41) is 1.13. The molecule has 23 heavy (non-hydrogen) atoms. The molecule has 118 valence electrons. The third-order valence-electron chi connectivity index (χ3n) is 4.28. The maximum absolute atomic E-state index is 12.5. The molecule has 0 atom stereocenters. The van der Waals surface area contributed by atoms with Gasteiger partial charge in [0, 0.05) is 41.7 Å². The Labute approximate surface area is 133 Å². The fourth-order valence-electron chi connectivity index (χ4n) is 3.18. The molecule has 5 heteroatoms. The van der Waals surface area contributed by atoms with E-state index in [4.69, 9.17) is 9.15 Å². The quantitative estimate of drug-likeness (QED) is 0.807. The Morgan fingerprint density at radius 2 is 2.30 bits per heavy atom. The van der Waals surface area contributed by atoms with Gasteiger partial charge >= 0.3 is 0 Å². The van der Waals surface area contributed by atoms with Gasteiger partial charge in [-0.05, 0) is 37.3 Å². The number of amides is 1. The van der Waals surface area contributed by atoms with Crippen molar-refractivity contribution < 1.29 is 13.9 Å². The highest BCUT2D eigenvalue weighted by Crippen LogP contribution is 2.31. The van der Waals surface area contributed by atoms with Crippen LogP contribution in [0.4, 0.5) is 0 Å². The van der Waals surface area contributed by atoms with Crippen molar-refractivity contribution in [1.82, 2.24) is 9.88 Å². The molecule has 1 aromatic carbocycles. The Kier molecular flexibility index (Phi) is 3.33. The van der Waals surface area contributed by atoms with E-state index in [0.717, 1.165) is 23.1 Å². The first-order valence-electron chi connectivity index (χ1n) is 7.85. The first-order valence-corrected chi connectivity index (χ1v) is 7.85. The van der Waals surface area contributed by atoms with Crippen molar-refractivity contribution in [3.8, 4) is 5.75 Å². The van der Waals surface area contributed by atoms with E-state index in [2.05, 4.69) is 11.1 Å². The number of nitrogens with one attached hydrogen (secondary N) is 1. The predicted molar refractivity (Wildman–Crippen MR) is 86.6 cm³/mol. The Balaban J connectivity index is 1.68. The number of furan rings is 1. The molecule has 1 amide bonds. The summed E-state index contributed by atoms with van der Waals surface area (Å²) in [5.74, 6) is 1.19. The first-order chi connectivity index (χ1) is 11.3. The maximum Gasteiger partial charge on any atom is 0.289 e. The van der Waals surface area contributed by atoms with Gasteiger partial charge in [-0.15, -0.1) is 0 Å². The normalized spacial score (nSPS) is 14.0. The van der Waals surface area contributed by atoms with Crippen molar-refractivity contribution in [3.05, 3.63) is 53.6 Å². The molecule has 0 aliphatic carbocycles. The number of nitrogens with zero attached hydrogens (tertiary/aromatic N) is 1. The number of ether oxygens (including phenoxy) is 1. The van der Waals surface area contributed by atoms with Crippen molar-refractivity contribution in [3.63, 3.8) is 0 Å². The topological polar surface area (TPSA) is 58.5 Å². The molecule has 0 saturated carbocycles. The van der Waals surface area contributed by atoms with Gasteiger partial charge in [-0.3, -0.25) is 4.79 Å². The molecule has 1 aliphatic rings. The van der Waals surface area contributed by atoms with E-state index < -0.39 is 0 Å². The first kappa shape index (κ1) is 13.9. The highest BCUT2D eigenvalue weighted by Gasteiger charge is 2.26. The van der Waals surface area contributed by atoms with Crippen LogP contribution in [0.5, 0.6) is 5.75 Å². The zero-order valence-electron chi connectivity index (χ0n) is 13.0. The summed E-state index contributed by atoms with van der Waals surface area (Å²) in [7, 11) is 0. The van der Waals surface area contributed by atoms with Gasteiger partial charge < -0.3 is 19.0 Å². The van der Waals surface area contributed by atoms with Crippen molar-refractivity contribution in [2.24, 2.45) is 0 Å². The van der Waals surface area contributed by atoms with Crippen LogP contribution in [0.15, 0.2) is 41.0 Å². The Morgan fingerprint density at radius 3 is 3.09 bits per heavy atom. The monoisotopic (exact) mass is 310 g/mol. The number of fused-ring (bicyclic) bond motifs is 3. The van der Waals surface area contributed by atoms with E-state index in [0.29, 0.717) is 25.5 Å². The van der Waals surface area contributed by atoms with E-state index in [9.17, 15) is 4.79 Å². The van der Waals surface area contributed by atoms with E-state index >= 15 is 0 Å². The number of carbonyl (C=O) groups is 1. The molecule has 0 radical (unpaired) electrons. The number of aromatic amines is 1. The summed E-state index contributed by atoms with van der Waals surface area (Å²) < 4.78 is 10.8. The van der Waals surface area contributed by atoms with E-state index in [-0.39, 0.29) is 5.91 Å². The van der Waals surface area contributed by atoms with Crippen LogP contribution in [0.3, 0.4) is 0 Å². The summed E-state index contributed by atoms with van der Waals surface area (Å²) in [6, 6.07) is 9.51. The minimum absolute atomic E-state index is 0.0593. The van der Waals surface area contributed by atoms with Gasteiger partial charge in [0.05, 0.1) is 12.9 Å². The largest absolute Gasteiger partial charge is 0.494 e. The zero-order valence-corrected chi connectivity index (χ0v) is 13.0. The molecule has 3 aromatic rings. The van der Waals surface area contributed by atoms with Crippen molar-refractivity contribution >= 4 is 16.8 Å². The molecule has 0 fully saturated rings. The van der Waals surface area contributed by atoms with Gasteiger partial charge in [-0.25, -0.2) is 0 Å². The highest BCUT2D eigenvalue weighted by atomic mass is 16.5. The summed E-state index contributed by atoms with van der Waals surface area (Å²) in [6.45, 7) is 3.89. The molecule has 1 aliphatic heterocycles. The van der Waals surface area contributed by atoms with Crippen LogP contribution in [-0.4, -0.2) is 28.9 Å². The number of hydrogen-bond acceptors (Lipinski definition) is 3. The maximum atomic E-state index is 12.5.